The van der Waals surface area contributed by atoms with Gasteiger partial charge in [0.2, 0.25) is 5.91 Å². The standard InChI is InChI=1S/C21H22ClN3OS/c1-15(20(26)24-11-5-6-12-24)27-21-23-18-13-17(22)9-10-19(18)25(21)14-16-7-3-2-4-8-16/h2-4,7-10,13,15H,5-6,11-12,14H2,1H3/t15-/m1/s1. The van der Waals surface area contributed by atoms with E-state index in [4.69, 9.17) is 16.6 Å². The van der Waals surface area contributed by atoms with Gasteiger partial charge in [0.25, 0.3) is 0 Å². The lowest BCUT2D eigenvalue weighted by Gasteiger charge is -2.20. The lowest BCUT2D eigenvalue weighted by atomic mass is 10.2. The van der Waals surface area contributed by atoms with Crippen molar-refractivity contribution in [2.75, 3.05) is 13.1 Å². The van der Waals surface area contributed by atoms with Crippen LogP contribution in [-0.2, 0) is 11.3 Å². The van der Waals surface area contributed by atoms with Crippen molar-refractivity contribution >= 4 is 40.3 Å². The maximum atomic E-state index is 12.7. The molecule has 1 aliphatic rings. The Balaban J connectivity index is 1.66. The summed E-state index contributed by atoms with van der Waals surface area (Å²) in [5.41, 5.74) is 3.10. The fourth-order valence-corrected chi connectivity index (χ4v) is 4.67. The molecule has 0 N–H and O–H groups in total. The van der Waals surface area contributed by atoms with Gasteiger partial charge in [-0.15, -0.1) is 0 Å². The Morgan fingerprint density at radius 2 is 1.93 bits per heavy atom. The number of hydrogen-bond acceptors (Lipinski definition) is 3. The average molecular weight is 400 g/mol. The van der Waals surface area contributed by atoms with Crippen LogP contribution in [0.15, 0.2) is 53.7 Å². The summed E-state index contributed by atoms with van der Waals surface area (Å²) in [6.45, 7) is 4.44. The van der Waals surface area contributed by atoms with E-state index >= 15 is 0 Å². The number of rotatable bonds is 5. The molecule has 0 spiro atoms. The number of hydrogen-bond donors (Lipinski definition) is 0. The van der Waals surface area contributed by atoms with Gasteiger partial charge in [0.05, 0.1) is 22.8 Å². The van der Waals surface area contributed by atoms with Crippen molar-refractivity contribution in [1.29, 1.82) is 0 Å². The monoisotopic (exact) mass is 399 g/mol. The normalized spacial score (nSPS) is 15.4. The molecule has 140 valence electrons. The van der Waals surface area contributed by atoms with E-state index in [1.807, 2.05) is 48.2 Å². The number of carbonyl (C=O) groups is 1. The minimum Gasteiger partial charge on any atom is -0.342 e. The van der Waals surface area contributed by atoms with E-state index in [-0.39, 0.29) is 11.2 Å². The molecule has 4 rings (SSSR count). The highest BCUT2D eigenvalue weighted by Crippen LogP contribution is 2.30. The Morgan fingerprint density at radius 3 is 2.67 bits per heavy atom. The Morgan fingerprint density at radius 1 is 1.19 bits per heavy atom. The largest absolute Gasteiger partial charge is 0.342 e. The van der Waals surface area contributed by atoms with Gasteiger partial charge >= 0.3 is 0 Å². The molecule has 0 saturated carbocycles. The van der Waals surface area contributed by atoms with Crippen LogP contribution in [0.1, 0.15) is 25.3 Å². The summed E-state index contributed by atoms with van der Waals surface area (Å²) in [6.07, 6.45) is 2.21. The molecule has 1 saturated heterocycles. The highest BCUT2D eigenvalue weighted by molar-refractivity contribution is 8.00. The molecule has 1 aromatic heterocycles. The number of carbonyl (C=O) groups excluding carboxylic acids is 1. The quantitative estimate of drug-likeness (QED) is 0.576. The molecule has 0 radical (unpaired) electrons. The van der Waals surface area contributed by atoms with E-state index in [1.54, 1.807) is 0 Å². The Hall–Kier alpha value is -1.98. The number of halogens is 1. The van der Waals surface area contributed by atoms with E-state index in [9.17, 15) is 4.79 Å². The van der Waals surface area contributed by atoms with Crippen molar-refractivity contribution in [1.82, 2.24) is 14.5 Å². The molecule has 0 unspecified atom stereocenters. The maximum absolute atomic E-state index is 12.7. The predicted molar refractivity (Wildman–Crippen MR) is 111 cm³/mol. The minimum atomic E-state index is -0.162. The van der Waals surface area contributed by atoms with Crippen LogP contribution in [0, 0.1) is 0 Å². The second-order valence-electron chi connectivity index (χ2n) is 6.89. The SMILES string of the molecule is C[C@@H](Sc1nc2cc(Cl)ccc2n1Cc1ccccc1)C(=O)N1CCCC1. The summed E-state index contributed by atoms with van der Waals surface area (Å²) >= 11 is 7.70. The fraction of sp³-hybridized carbons (Fsp3) is 0.333. The summed E-state index contributed by atoms with van der Waals surface area (Å²) in [5.74, 6) is 0.203. The van der Waals surface area contributed by atoms with Gasteiger partial charge in [0, 0.05) is 18.1 Å². The fourth-order valence-electron chi connectivity index (χ4n) is 3.49. The molecule has 2 aromatic carbocycles. The zero-order chi connectivity index (χ0) is 18.8. The summed E-state index contributed by atoms with van der Waals surface area (Å²) in [7, 11) is 0. The second-order valence-corrected chi connectivity index (χ2v) is 8.64. The van der Waals surface area contributed by atoms with Crippen molar-refractivity contribution in [2.24, 2.45) is 0 Å². The molecule has 4 nitrogen and oxygen atoms in total. The van der Waals surface area contributed by atoms with Gasteiger partial charge in [-0.05, 0) is 43.5 Å². The molecule has 0 bridgehead atoms. The first-order valence-corrected chi connectivity index (χ1v) is 10.5. The summed E-state index contributed by atoms with van der Waals surface area (Å²) in [4.78, 5) is 19.5. The van der Waals surface area contributed by atoms with Gasteiger partial charge < -0.3 is 9.47 Å². The number of imidazole rings is 1. The Labute approximate surface area is 168 Å². The summed E-state index contributed by atoms with van der Waals surface area (Å²) < 4.78 is 2.18. The third-order valence-electron chi connectivity index (χ3n) is 4.91. The lowest BCUT2D eigenvalue weighted by Crippen LogP contribution is -2.34. The van der Waals surface area contributed by atoms with Crippen LogP contribution in [0.2, 0.25) is 5.02 Å². The number of thioether (sulfide) groups is 1. The number of aromatic nitrogens is 2. The molecular weight excluding hydrogens is 378 g/mol. The maximum Gasteiger partial charge on any atom is 0.235 e. The molecular formula is C21H22ClN3OS. The third-order valence-corrected chi connectivity index (χ3v) is 6.22. The molecule has 0 aliphatic carbocycles. The number of amides is 1. The average Bonchev–Trinajstić information content (AvgIpc) is 3.31. The molecule has 6 heteroatoms. The van der Waals surface area contributed by atoms with Crippen LogP contribution >= 0.6 is 23.4 Å². The zero-order valence-corrected chi connectivity index (χ0v) is 16.8. The number of fused-ring (bicyclic) bond motifs is 1. The van der Waals surface area contributed by atoms with Crippen LogP contribution in [0.4, 0.5) is 0 Å². The number of benzene rings is 2. The first kappa shape index (κ1) is 18.4. The molecule has 1 aliphatic heterocycles. The van der Waals surface area contributed by atoms with Crippen LogP contribution in [0.25, 0.3) is 11.0 Å². The Kier molecular flexibility index (Phi) is 5.41. The lowest BCUT2D eigenvalue weighted by molar-refractivity contribution is -0.129. The highest BCUT2D eigenvalue weighted by Gasteiger charge is 2.26. The minimum absolute atomic E-state index is 0.162. The van der Waals surface area contributed by atoms with Crippen molar-refractivity contribution in [3.8, 4) is 0 Å². The zero-order valence-electron chi connectivity index (χ0n) is 15.3. The van der Waals surface area contributed by atoms with E-state index in [0.29, 0.717) is 11.6 Å². The van der Waals surface area contributed by atoms with Crippen molar-refractivity contribution in [2.45, 2.75) is 36.7 Å². The molecule has 1 atom stereocenters. The summed E-state index contributed by atoms with van der Waals surface area (Å²) in [5, 5.41) is 1.37. The smallest absolute Gasteiger partial charge is 0.235 e. The molecule has 1 amide bonds. The third kappa shape index (κ3) is 3.99. The van der Waals surface area contributed by atoms with Crippen LogP contribution < -0.4 is 0 Å². The van der Waals surface area contributed by atoms with E-state index < -0.39 is 0 Å². The predicted octanol–water partition coefficient (Wildman–Crippen LogP) is 4.84. The topological polar surface area (TPSA) is 38.1 Å². The molecule has 3 aromatic rings. The second kappa shape index (κ2) is 7.95. The van der Waals surface area contributed by atoms with Crippen LogP contribution in [0.3, 0.4) is 0 Å². The molecule has 2 heterocycles. The number of nitrogens with zero attached hydrogens (tertiary/aromatic N) is 3. The van der Waals surface area contributed by atoms with Crippen molar-refractivity contribution in [3.05, 3.63) is 59.1 Å². The van der Waals surface area contributed by atoms with E-state index in [0.717, 1.165) is 42.1 Å². The van der Waals surface area contributed by atoms with E-state index in [2.05, 4.69) is 16.7 Å². The summed E-state index contributed by atoms with van der Waals surface area (Å²) in [6, 6.07) is 16.1. The first-order valence-electron chi connectivity index (χ1n) is 9.27. The molecule has 1 fully saturated rings. The van der Waals surface area contributed by atoms with Crippen molar-refractivity contribution in [3.63, 3.8) is 0 Å². The van der Waals surface area contributed by atoms with Gasteiger partial charge in [-0.3, -0.25) is 4.79 Å². The Bertz CT molecular complexity index is 951. The van der Waals surface area contributed by atoms with E-state index in [1.165, 1.54) is 17.3 Å². The molecule has 27 heavy (non-hydrogen) atoms. The highest BCUT2D eigenvalue weighted by atomic mass is 35.5. The van der Waals surface area contributed by atoms with Gasteiger partial charge in [-0.1, -0.05) is 53.7 Å². The first-order chi connectivity index (χ1) is 13.1. The van der Waals surface area contributed by atoms with Gasteiger partial charge in [-0.2, -0.15) is 0 Å². The van der Waals surface area contributed by atoms with Gasteiger partial charge in [0.15, 0.2) is 5.16 Å². The van der Waals surface area contributed by atoms with Gasteiger partial charge in [-0.25, -0.2) is 4.98 Å². The van der Waals surface area contributed by atoms with Crippen molar-refractivity contribution < 1.29 is 4.79 Å². The van der Waals surface area contributed by atoms with Crippen LogP contribution in [-0.4, -0.2) is 38.7 Å². The number of likely N-dealkylation sites (tertiary alicyclic amines) is 1. The van der Waals surface area contributed by atoms with Crippen LogP contribution in [0.5, 0.6) is 0 Å². The van der Waals surface area contributed by atoms with Gasteiger partial charge in [0.1, 0.15) is 0 Å².